The Morgan fingerprint density at radius 1 is 0.862 bits per heavy atom. The van der Waals surface area contributed by atoms with Crippen LogP contribution in [0.3, 0.4) is 0 Å². The van der Waals surface area contributed by atoms with E-state index in [1.165, 1.54) is 5.56 Å². The van der Waals surface area contributed by atoms with Gasteiger partial charge in [0.1, 0.15) is 24.2 Å². The number of ether oxygens (including phenoxy) is 2. The number of benzene rings is 3. The number of rotatable bonds is 10. The lowest BCUT2D eigenvalue weighted by Crippen LogP contribution is -2.23. The Morgan fingerprint density at radius 3 is 2.41 bits per heavy atom. The van der Waals surface area contributed by atoms with Crippen LogP contribution in [0.15, 0.2) is 78.9 Å². The maximum atomic E-state index is 6.23. The number of hydrogen-bond acceptors (Lipinski definition) is 3. The highest BCUT2D eigenvalue weighted by Gasteiger charge is 2.12. The van der Waals surface area contributed by atoms with Crippen LogP contribution in [0, 0.1) is 0 Å². The molecule has 0 amide bonds. The summed E-state index contributed by atoms with van der Waals surface area (Å²) < 4.78 is 12.2. The highest BCUT2D eigenvalue weighted by molar-refractivity contribution is 5.48. The summed E-state index contributed by atoms with van der Waals surface area (Å²) in [5.41, 5.74) is 3.47. The molecule has 29 heavy (non-hydrogen) atoms. The van der Waals surface area contributed by atoms with E-state index in [4.69, 9.17) is 9.47 Å². The molecular weight excluding hydrogens is 358 g/mol. The average Bonchev–Trinajstić information content (AvgIpc) is 2.77. The van der Waals surface area contributed by atoms with Crippen molar-refractivity contribution in [3.63, 3.8) is 0 Å². The molecule has 152 valence electrons. The van der Waals surface area contributed by atoms with Crippen LogP contribution in [0.5, 0.6) is 11.5 Å². The van der Waals surface area contributed by atoms with Crippen LogP contribution in [-0.2, 0) is 6.61 Å². The Labute approximate surface area is 174 Å². The minimum atomic E-state index is 0.0501. The molecule has 0 aliphatic carbocycles. The molecule has 3 aromatic rings. The van der Waals surface area contributed by atoms with Crippen LogP contribution in [-0.4, -0.2) is 12.6 Å². The zero-order chi connectivity index (χ0) is 20.5. The van der Waals surface area contributed by atoms with Crippen molar-refractivity contribution < 1.29 is 9.47 Å². The summed E-state index contributed by atoms with van der Waals surface area (Å²) in [7, 11) is 0. The average molecular weight is 390 g/mol. The minimum absolute atomic E-state index is 0.0501. The van der Waals surface area contributed by atoms with Gasteiger partial charge in [0.05, 0.1) is 6.54 Å². The Bertz CT molecular complexity index is 879. The van der Waals surface area contributed by atoms with Gasteiger partial charge in [-0.05, 0) is 48.6 Å². The molecule has 0 radical (unpaired) electrons. The molecule has 0 bridgehead atoms. The van der Waals surface area contributed by atoms with Gasteiger partial charge in [0, 0.05) is 11.8 Å². The Balaban J connectivity index is 1.53. The van der Waals surface area contributed by atoms with Gasteiger partial charge in [-0.2, -0.15) is 0 Å². The molecule has 3 nitrogen and oxygen atoms in total. The van der Waals surface area contributed by atoms with Crippen LogP contribution < -0.4 is 14.8 Å². The lowest BCUT2D eigenvalue weighted by atomic mass is 9.98. The first-order valence-electron chi connectivity index (χ1n) is 10.4. The number of anilines is 1. The molecule has 0 heterocycles. The Hall–Kier alpha value is -2.94. The van der Waals surface area contributed by atoms with Crippen LogP contribution in [0.2, 0.25) is 0 Å². The van der Waals surface area contributed by atoms with Gasteiger partial charge in [-0.25, -0.2) is 0 Å². The van der Waals surface area contributed by atoms with Crippen molar-refractivity contribution in [3.05, 3.63) is 90.0 Å². The third-order valence-electron chi connectivity index (χ3n) is 5.07. The summed E-state index contributed by atoms with van der Waals surface area (Å²) in [6.07, 6.45) is 1.15. The van der Waals surface area contributed by atoms with E-state index in [0.717, 1.165) is 35.7 Å². The monoisotopic (exact) mass is 389 g/mol. The largest absolute Gasteiger partial charge is 0.489 e. The zero-order valence-electron chi connectivity index (χ0n) is 17.6. The molecule has 0 fully saturated rings. The van der Waals surface area contributed by atoms with Crippen LogP contribution in [0.25, 0.3) is 0 Å². The van der Waals surface area contributed by atoms with E-state index in [2.05, 4.69) is 62.5 Å². The maximum Gasteiger partial charge on any atom is 0.123 e. The minimum Gasteiger partial charge on any atom is -0.489 e. The van der Waals surface area contributed by atoms with E-state index in [-0.39, 0.29) is 6.10 Å². The Kier molecular flexibility index (Phi) is 7.57. The normalized spacial score (nSPS) is 12.8. The predicted molar refractivity (Wildman–Crippen MR) is 121 cm³/mol. The van der Waals surface area contributed by atoms with Crippen molar-refractivity contribution in [1.82, 2.24) is 0 Å². The Morgan fingerprint density at radius 2 is 1.62 bits per heavy atom. The summed E-state index contributed by atoms with van der Waals surface area (Å²) >= 11 is 0. The standard InChI is InChI=1S/C26H31NO2/c1-4-20(2)25-15-8-9-16-26(25)29-21(3)18-27-23-13-10-14-24(17-23)28-19-22-11-6-5-7-12-22/h5-17,20-21,27H,4,18-19H2,1-3H3/t20-,21-/m1/s1. The first kappa shape index (κ1) is 20.8. The van der Waals surface area contributed by atoms with Gasteiger partial charge in [0.25, 0.3) is 0 Å². The lowest BCUT2D eigenvalue weighted by Gasteiger charge is -2.21. The summed E-state index contributed by atoms with van der Waals surface area (Å²) in [5.74, 6) is 2.33. The molecule has 0 aromatic heterocycles. The molecule has 0 aliphatic rings. The van der Waals surface area contributed by atoms with Gasteiger partial charge < -0.3 is 14.8 Å². The molecule has 2 atom stereocenters. The molecule has 0 unspecified atom stereocenters. The summed E-state index contributed by atoms with van der Waals surface area (Å²) in [4.78, 5) is 0. The first-order valence-corrected chi connectivity index (χ1v) is 10.4. The van der Waals surface area contributed by atoms with Crippen molar-refractivity contribution >= 4 is 5.69 Å². The van der Waals surface area contributed by atoms with E-state index in [1.807, 2.05) is 42.5 Å². The topological polar surface area (TPSA) is 30.5 Å². The van der Waals surface area contributed by atoms with Crippen molar-refractivity contribution in [3.8, 4) is 11.5 Å². The van der Waals surface area contributed by atoms with E-state index >= 15 is 0 Å². The van der Waals surface area contributed by atoms with E-state index < -0.39 is 0 Å². The third kappa shape index (κ3) is 6.28. The molecular formula is C26H31NO2. The molecule has 3 rings (SSSR count). The molecule has 3 heteroatoms. The lowest BCUT2D eigenvalue weighted by molar-refractivity contribution is 0.231. The number of para-hydroxylation sites is 1. The highest BCUT2D eigenvalue weighted by Crippen LogP contribution is 2.29. The zero-order valence-corrected chi connectivity index (χ0v) is 17.6. The SMILES string of the molecule is CC[C@@H](C)c1ccccc1O[C@H](C)CNc1cccc(OCc2ccccc2)c1. The highest BCUT2D eigenvalue weighted by atomic mass is 16.5. The van der Waals surface area contributed by atoms with Crippen LogP contribution >= 0.6 is 0 Å². The van der Waals surface area contributed by atoms with Gasteiger partial charge in [-0.1, -0.05) is 68.4 Å². The van der Waals surface area contributed by atoms with Gasteiger partial charge in [0.15, 0.2) is 0 Å². The smallest absolute Gasteiger partial charge is 0.123 e. The van der Waals surface area contributed by atoms with E-state index in [1.54, 1.807) is 0 Å². The molecule has 0 saturated heterocycles. The van der Waals surface area contributed by atoms with Gasteiger partial charge in [-0.15, -0.1) is 0 Å². The fourth-order valence-electron chi connectivity index (χ4n) is 3.17. The number of hydrogen-bond donors (Lipinski definition) is 1. The maximum absolute atomic E-state index is 6.23. The van der Waals surface area contributed by atoms with Crippen LogP contribution in [0.4, 0.5) is 5.69 Å². The van der Waals surface area contributed by atoms with E-state index in [9.17, 15) is 0 Å². The molecule has 0 aliphatic heterocycles. The number of nitrogens with one attached hydrogen (secondary N) is 1. The van der Waals surface area contributed by atoms with Crippen molar-refractivity contribution in [2.24, 2.45) is 0 Å². The summed E-state index contributed by atoms with van der Waals surface area (Å²) in [6, 6.07) is 26.6. The van der Waals surface area contributed by atoms with Crippen LogP contribution in [0.1, 0.15) is 44.2 Å². The second-order valence-corrected chi connectivity index (χ2v) is 7.46. The second kappa shape index (κ2) is 10.6. The molecule has 3 aromatic carbocycles. The third-order valence-corrected chi connectivity index (χ3v) is 5.07. The fourth-order valence-corrected chi connectivity index (χ4v) is 3.17. The van der Waals surface area contributed by atoms with Crippen molar-refractivity contribution in [2.75, 3.05) is 11.9 Å². The van der Waals surface area contributed by atoms with Gasteiger partial charge in [-0.3, -0.25) is 0 Å². The quantitative estimate of drug-likeness (QED) is 0.421. The molecule has 1 N–H and O–H groups in total. The summed E-state index contributed by atoms with van der Waals surface area (Å²) in [5, 5.41) is 3.46. The predicted octanol–water partition coefficient (Wildman–Crippen LogP) is 6.66. The van der Waals surface area contributed by atoms with Crippen molar-refractivity contribution in [2.45, 2.75) is 45.8 Å². The fraction of sp³-hybridized carbons (Fsp3) is 0.308. The second-order valence-electron chi connectivity index (χ2n) is 7.46. The summed E-state index contributed by atoms with van der Waals surface area (Å²) in [6.45, 7) is 7.83. The van der Waals surface area contributed by atoms with E-state index in [0.29, 0.717) is 12.5 Å². The molecule has 0 saturated carbocycles. The van der Waals surface area contributed by atoms with Gasteiger partial charge in [0.2, 0.25) is 0 Å². The molecule has 0 spiro atoms. The van der Waals surface area contributed by atoms with Crippen molar-refractivity contribution in [1.29, 1.82) is 0 Å². The van der Waals surface area contributed by atoms with Gasteiger partial charge >= 0.3 is 0 Å². The first-order chi connectivity index (χ1) is 14.2.